The van der Waals surface area contributed by atoms with Gasteiger partial charge < -0.3 is 15.2 Å². The molecule has 10 heteroatoms. The molecule has 0 unspecified atom stereocenters. The Balaban J connectivity index is 1.55. The van der Waals surface area contributed by atoms with E-state index in [1.165, 1.54) is 11.8 Å². The van der Waals surface area contributed by atoms with Gasteiger partial charge in [0.2, 0.25) is 5.91 Å². The van der Waals surface area contributed by atoms with Gasteiger partial charge in [-0.3, -0.25) is 9.59 Å². The summed E-state index contributed by atoms with van der Waals surface area (Å²) in [7, 11) is 1.78. The van der Waals surface area contributed by atoms with E-state index in [2.05, 4.69) is 20.8 Å². The Kier molecular flexibility index (Phi) is 7.36. The van der Waals surface area contributed by atoms with Crippen LogP contribution in [0.2, 0.25) is 10.0 Å². The number of thioether (sulfide) groups is 1. The Labute approximate surface area is 188 Å². The summed E-state index contributed by atoms with van der Waals surface area (Å²) in [6.45, 7) is 2.03. The van der Waals surface area contributed by atoms with E-state index in [1.807, 2.05) is 6.92 Å². The molecule has 0 bridgehead atoms. The van der Waals surface area contributed by atoms with Crippen molar-refractivity contribution >= 4 is 52.5 Å². The predicted octanol–water partition coefficient (Wildman–Crippen LogP) is 4.09. The molecule has 3 aromatic rings. The normalized spacial score (nSPS) is 10.7. The molecule has 0 fully saturated rings. The van der Waals surface area contributed by atoms with Crippen LogP contribution in [0.15, 0.2) is 47.6 Å². The minimum atomic E-state index is -0.297. The molecule has 0 spiro atoms. The number of halogens is 2. The largest absolute Gasteiger partial charge is 0.345 e. The molecule has 30 heavy (non-hydrogen) atoms. The molecule has 1 aromatic heterocycles. The van der Waals surface area contributed by atoms with Crippen molar-refractivity contribution < 1.29 is 9.59 Å². The quantitative estimate of drug-likeness (QED) is 0.515. The van der Waals surface area contributed by atoms with Crippen LogP contribution in [0.5, 0.6) is 0 Å². The molecule has 0 aliphatic rings. The first-order chi connectivity index (χ1) is 14.4. The second kappa shape index (κ2) is 9.97. The van der Waals surface area contributed by atoms with Crippen molar-refractivity contribution in [3.63, 3.8) is 0 Å². The molecule has 0 radical (unpaired) electrons. The van der Waals surface area contributed by atoms with Crippen LogP contribution in [0.25, 0.3) is 0 Å². The zero-order valence-corrected chi connectivity index (χ0v) is 18.6. The Bertz CT molecular complexity index is 1090. The van der Waals surface area contributed by atoms with E-state index in [0.717, 1.165) is 5.56 Å². The van der Waals surface area contributed by atoms with Crippen molar-refractivity contribution in [2.45, 2.75) is 18.6 Å². The number of nitrogens with zero attached hydrogens (tertiary/aromatic N) is 3. The fourth-order valence-electron chi connectivity index (χ4n) is 2.58. The van der Waals surface area contributed by atoms with Gasteiger partial charge in [0.05, 0.1) is 22.9 Å². The highest BCUT2D eigenvalue weighted by atomic mass is 35.5. The van der Waals surface area contributed by atoms with Gasteiger partial charge in [0.15, 0.2) is 11.0 Å². The van der Waals surface area contributed by atoms with Gasteiger partial charge in [0, 0.05) is 17.8 Å². The number of hydrogen-bond donors (Lipinski definition) is 2. The van der Waals surface area contributed by atoms with E-state index in [4.69, 9.17) is 23.2 Å². The molecule has 0 atom stereocenters. The predicted molar refractivity (Wildman–Crippen MR) is 119 cm³/mol. The zero-order valence-electron chi connectivity index (χ0n) is 16.3. The second-order valence-electron chi connectivity index (χ2n) is 6.37. The lowest BCUT2D eigenvalue weighted by atomic mass is 10.2. The zero-order chi connectivity index (χ0) is 21.7. The van der Waals surface area contributed by atoms with Crippen molar-refractivity contribution in [2.75, 3.05) is 11.1 Å². The summed E-state index contributed by atoms with van der Waals surface area (Å²) in [5, 5.41) is 15.3. The fraction of sp³-hybridized carbons (Fsp3) is 0.200. The molecule has 0 aliphatic carbocycles. The minimum absolute atomic E-state index is 0.157. The number of amides is 2. The maximum absolute atomic E-state index is 12.3. The van der Waals surface area contributed by atoms with Crippen LogP contribution in [-0.4, -0.2) is 32.3 Å². The molecular formula is C20H19Cl2N5O2S. The van der Waals surface area contributed by atoms with Crippen LogP contribution in [0.1, 0.15) is 21.7 Å². The number of nitrogens with one attached hydrogen (secondary N) is 2. The van der Waals surface area contributed by atoms with E-state index in [-0.39, 0.29) is 24.1 Å². The molecular weight excluding hydrogens is 445 g/mol. The maximum Gasteiger partial charge on any atom is 0.253 e. The summed E-state index contributed by atoms with van der Waals surface area (Å²) in [6, 6.07) is 12.2. The van der Waals surface area contributed by atoms with Crippen molar-refractivity contribution in [3.05, 3.63) is 69.5 Å². The van der Waals surface area contributed by atoms with Gasteiger partial charge in [-0.2, -0.15) is 0 Å². The van der Waals surface area contributed by atoms with E-state index in [9.17, 15) is 9.59 Å². The molecule has 0 aliphatic heterocycles. The van der Waals surface area contributed by atoms with Crippen LogP contribution in [-0.2, 0) is 18.4 Å². The molecule has 156 valence electrons. The van der Waals surface area contributed by atoms with Crippen LogP contribution < -0.4 is 10.6 Å². The first-order valence-corrected chi connectivity index (χ1v) is 10.7. The molecule has 1 heterocycles. The Hall–Kier alpha value is -2.55. The van der Waals surface area contributed by atoms with E-state index in [0.29, 0.717) is 32.3 Å². The monoisotopic (exact) mass is 463 g/mol. The molecule has 7 nitrogen and oxygen atoms in total. The highest BCUT2D eigenvalue weighted by molar-refractivity contribution is 7.99. The molecule has 2 amide bonds. The van der Waals surface area contributed by atoms with E-state index >= 15 is 0 Å². The third-order valence-corrected chi connectivity index (χ3v) is 6.08. The summed E-state index contributed by atoms with van der Waals surface area (Å²) in [5.41, 5.74) is 1.88. The topological polar surface area (TPSA) is 88.9 Å². The SMILES string of the molecule is Cc1c(Cl)cccc1NC(=O)CSc1nnc(CNC(=O)c2ccccc2Cl)n1C. The van der Waals surface area contributed by atoms with Crippen molar-refractivity contribution in [3.8, 4) is 0 Å². The van der Waals surface area contributed by atoms with Crippen LogP contribution in [0, 0.1) is 6.92 Å². The second-order valence-corrected chi connectivity index (χ2v) is 8.13. The van der Waals surface area contributed by atoms with Gasteiger partial charge in [-0.25, -0.2) is 0 Å². The number of carbonyl (C=O) groups is 2. The molecule has 3 rings (SSSR count). The fourth-order valence-corrected chi connectivity index (χ4v) is 3.71. The van der Waals surface area contributed by atoms with Gasteiger partial charge in [0.1, 0.15) is 0 Å². The van der Waals surface area contributed by atoms with Crippen molar-refractivity contribution in [1.82, 2.24) is 20.1 Å². The number of benzene rings is 2. The molecule has 0 saturated carbocycles. The van der Waals surface area contributed by atoms with Crippen LogP contribution in [0.3, 0.4) is 0 Å². The molecule has 0 saturated heterocycles. The van der Waals surface area contributed by atoms with Gasteiger partial charge in [-0.15, -0.1) is 10.2 Å². The van der Waals surface area contributed by atoms with E-state index < -0.39 is 0 Å². The first-order valence-electron chi connectivity index (χ1n) is 8.95. The Morgan fingerprint density at radius 3 is 2.57 bits per heavy atom. The van der Waals surface area contributed by atoms with Crippen LogP contribution in [0.4, 0.5) is 5.69 Å². The lowest BCUT2D eigenvalue weighted by Crippen LogP contribution is -2.24. The average molecular weight is 464 g/mol. The van der Waals surface area contributed by atoms with Gasteiger partial charge in [0.25, 0.3) is 5.91 Å². The molecule has 2 aromatic carbocycles. The van der Waals surface area contributed by atoms with Gasteiger partial charge >= 0.3 is 0 Å². The highest BCUT2D eigenvalue weighted by Crippen LogP contribution is 2.23. The lowest BCUT2D eigenvalue weighted by molar-refractivity contribution is -0.113. The number of carbonyl (C=O) groups excluding carboxylic acids is 2. The third-order valence-electron chi connectivity index (χ3n) is 4.32. The molecule has 2 N–H and O–H groups in total. The van der Waals surface area contributed by atoms with Crippen molar-refractivity contribution in [1.29, 1.82) is 0 Å². The third kappa shape index (κ3) is 5.33. The highest BCUT2D eigenvalue weighted by Gasteiger charge is 2.15. The number of rotatable bonds is 7. The number of hydrogen-bond acceptors (Lipinski definition) is 5. The summed E-state index contributed by atoms with van der Waals surface area (Å²) in [6.07, 6.45) is 0. The van der Waals surface area contributed by atoms with Gasteiger partial charge in [-0.1, -0.05) is 53.2 Å². The standard InChI is InChI=1S/C20H19Cl2N5O2S/c1-12-14(21)8-5-9-16(12)24-18(28)11-30-20-26-25-17(27(20)2)10-23-19(29)13-6-3-4-7-15(13)22/h3-9H,10-11H2,1-2H3,(H,23,29)(H,24,28). The smallest absolute Gasteiger partial charge is 0.253 e. The number of anilines is 1. The maximum atomic E-state index is 12.3. The van der Waals surface area contributed by atoms with Crippen molar-refractivity contribution in [2.24, 2.45) is 7.05 Å². The first kappa shape index (κ1) is 22.1. The Morgan fingerprint density at radius 2 is 1.80 bits per heavy atom. The number of aromatic nitrogens is 3. The Morgan fingerprint density at radius 1 is 1.07 bits per heavy atom. The van der Waals surface area contributed by atoms with Crippen LogP contribution >= 0.6 is 35.0 Å². The minimum Gasteiger partial charge on any atom is -0.345 e. The summed E-state index contributed by atoms with van der Waals surface area (Å²) in [4.78, 5) is 24.5. The van der Waals surface area contributed by atoms with E-state index in [1.54, 1.807) is 54.1 Å². The average Bonchev–Trinajstić information content (AvgIpc) is 3.08. The van der Waals surface area contributed by atoms with Gasteiger partial charge in [-0.05, 0) is 36.8 Å². The summed E-state index contributed by atoms with van der Waals surface area (Å²) >= 11 is 13.4. The summed E-state index contributed by atoms with van der Waals surface area (Å²) < 4.78 is 1.73. The summed E-state index contributed by atoms with van der Waals surface area (Å²) in [5.74, 6) is 0.240. The lowest BCUT2D eigenvalue weighted by Gasteiger charge is -2.09.